The van der Waals surface area contributed by atoms with Crippen molar-refractivity contribution >= 4 is 12.0 Å². The number of nitrogens with zero attached hydrogens (tertiary/aromatic N) is 2. The van der Waals surface area contributed by atoms with Crippen LogP contribution < -0.4 is 0 Å². The van der Waals surface area contributed by atoms with Crippen molar-refractivity contribution in [1.29, 1.82) is 0 Å². The first-order valence-corrected chi connectivity index (χ1v) is 7.71. The lowest BCUT2D eigenvalue weighted by Gasteiger charge is -2.36. The predicted octanol–water partition coefficient (Wildman–Crippen LogP) is 1.49. The number of ether oxygens (including phenoxy) is 2. The molecule has 2 fully saturated rings. The van der Waals surface area contributed by atoms with E-state index in [-0.39, 0.29) is 17.9 Å². The average molecular weight is 298 g/mol. The molecule has 2 rings (SSSR count). The maximum Gasteiger partial charge on any atom is 0.410 e. The number of amides is 2. The number of piperidine rings is 1. The van der Waals surface area contributed by atoms with Crippen molar-refractivity contribution < 1.29 is 19.1 Å². The van der Waals surface area contributed by atoms with Gasteiger partial charge in [-0.3, -0.25) is 4.79 Å². The van der Waals surface area contributed by atoms with E-state index in [4.69, 9.17) is 9.47 Å². The summed E-state index contributed by atoms with van der Waals surface area (Å²) in [6.07, 6.45) is 1.37. The van der Waals surface area contributed by atoms with Gasteiger partial charge in [0.15, 0.2) is 0 Å². The summed E-state index contributed by atoms with van der Waals surface area (Å²) in [5.41, 5.74) is -0.502. The molecule has 120 valence electrons. The van der Waals surface area contributed by atoms with Crippen molar-refractivity contribution in [3.63, 3.8) is 0 Å². The van der Waals surface area contributed by atoms with Crippen molar-refractivity contribution in [3.05, 3.63) is 0 Å². The Kier molecular flexibility index (Phi) is 5.08. The molecule has 0 aromatic carbocycles. The molecule has 2 saturated heterocycles. The summed E-state index contributed by atoms with van der Waals surface area (Å²) < 4.78 is 10.7. The molecule has 2 heterocycles. The Balaban J connectivity index is 1.90. The van der Waals surface area contributed by atoms with Crippen molar-refractivity contribution in [2.24, 2.45) is 5.92 Å². The van der Waals surface area contributed by atoms with Crippen LogP contribution in [-0.4, -0.2) is 66.8 Å². The molecule has 0 radical (unpaired) electrons. The van der Waals surface area contributed by atoms with Gasteiger partial charge in [0.1, 0.15) is 5.60 Å². The summed E-state index contributed by atoms with van der Waals surface area (Å²) in [4.78, 5) is 28.1. The van der Waals surface area contributed by atoms with Gasteiger partial charge in [0.25, 0.3) is 0 Å². The number of hydrogen-bond donors (Lipinski definition) is 0. The van der Waals surface area contributed by atoms with Gasteiger partial charge in [-0.25, -0.2) is 4.79 Å². The second kappa shape index (κ2) is 6.64. The van der Waals surface area contributed by atoms with Crippen LogP contribution in [-0.2, 0) is 14.3 Å². The maximum absolute atomic E-state index is 12.5. The zero-order chi connectivity index (χ0) is 15.5. The third-order valence-corrected chi connectivity index (χ3v) is 3.75. The molecule has 0 N–H and O–H groups in total. The van der Waals surface area contributed by atoms with Crippen molar-refractivity contribution in [3.8, 4) is 0 Å². The molecule has 0 bridgehead atoms. The van der Waals surface area contributed by atoms with Crippen LogP contribution in [0.1, 0.15) is 33.6 Å². The number of carbonyl (C=O) groups is 2. The number of morpholine rings is 1. The van der Waals surface area contributed by atoms with E-state index in [1.54, 1.807) is 4.90 Å². The first kappa shape index (κ1) is 16.1. The molecule has 0 unspecified atom stereocenters. The van der Waals surface area contributed by atoms with E-state index < -0.39 is 5.60 Å². The van der Waals surface area contributed by atoms with Crippen LogP contribution in [0.15, 0.2) is 0 Å². The molecule has 0 spiro atoms. The van der Waals surface area contributed by atoms with Gasteiger partial charge >= 0.3 is 6.09 Å². The van der Waals surface area contributed by atoms with Gasteiger partial charge < -0.3 is 19.3 Å². The highest BCUT2D eigenvalue weighted by Crippen LogP contribution is 2.21. The Hall–Kier alpha value is -1.30. The van der Waals surface area contributed by atoms with Gasteiger partial charge in [0, 0.05) is 26.2 Å². The molecule has 2 aliphatic heterocycles. The van der Waals surface area contributed by atoms with Crippen LogP contribution in [0.25, 0.3) is 0 Å². The van der Waals surface area contributed by atoms with Crippen molar-refractivity contribution in [2.45, 2.75) is 39.2 Å². The standard InChI is InChI=1S/C15H26N2O4/c1-15(2,3)21-14(19)17-6-4-5-12(11-17)13(18)16-7-9-20-10-8-16/h12H,4-11H2,1-3H3/t12-/m1/s1. The lowest BCUT2D eigenvalue weighted by molar-refractivity contribution is -0.141. The fourth-order valence-electron chi connectivity index (χ4n) is 2.71. The molecule has 2 amide bonds. The highest BCUT2D eigenvalue weighted by molar-refractivity contribution is 5.80. The lowest BCUT2D eigenvalue weighted by Crippen LogP contribution is -2.50. The predicted molar refractivity (Wildman–Crippen MR) is 77.9 cm³/mol. The van der Waals surface area contributed by atoms with Gasteiger partial charge in [0.2, 0.25) is 5.91 Å². The lowest BCUT2D eigenvalue weighted by atomic mass is 9.96. The van der Waals surface area contributed by atoms with Crippen LogP contribution in [0.3, 0.4) is 0 Å². The Morgan fingerprint density at radius 2 is 1.76 bits per heavy atom. The van der Waals surface area contributed by atoms with Gasteiger partial charge in [-0.2, -0.15) is 0 Å². The fourth-order valence-corrected chi connectivity index (χ4v) is 2.71. The maximum atomic E-state index is 12.5. The van der Waals surface area contributed by atoms with E-state index in [0.29, 0.717) is 39.4 Å². The van der Waals surface area contributed by atoms with Gasteiger partial charge in [-0.1, -0.05) is 0 Å². The second-order valence-electron chi connectivity index (χ2n) is 6.70. The van der Waals surface area contributed by atoms with E-state index in [0.717, 1.165) is 12.8 Å². The van der Waals surface area contributed by atoms with Crippen LogP contribution >= 0.6 is 0 Å². The largest absolute Gasteiger partial charge is 0.444 e. The third-order valence-electron chi connectivity index (χ3n) is 3.75. The Bertz CT molecular complexity index is 386. The van der Waals surface area contributed by atoms with E-state index in [1.807, 2.05) is 25.7 Å². The SMILES string of the molecule is CC(C)(C)OC(=O)N1CCC[C@@H](C(=O)N2CCOCC2)C1. The van der Waals surface area contributed by atoms with Crippen molar-refractivity contribution in [2.75, 3.05) is 39.4 Å². The molecule has 6 nitrogen and oxygen atoms in total. The number of likely N-dealkylation sites (tertiary alicyclic amines) is 1. The molecular formula is C15H26N2O4. The van der Waals surface area contributed by atoms with E-state index in [9.17, 15) is 9.59 Å². The molecule has 2 aliphatic rings. The Morgan fingerprint density at radius 1 is 1.10 bits per heavy atom. The van der Waals surface area contributed by atoms with Crippen LogP contribution in [0.4, 0.5) is 4.79 Å². The quantitative estimate of drug-likeness (QED) is 0.736. The highest BCUT2D eigenvalue weighted by Gasteiger charge is 2.33. The fraction of sp³-hybridized carbons (Fsp3) is 0.867. The first-order chi connectivity index (χ1) is 9.87. The molecule has 6 heteroatoms. The van der Waals surface area contributed by atoms with Crippen LogP contribution in [0.5, 0.6) is 0 Å². The number of hydrogen-bond acceptors (Lipinski definition) is 4. The summed E-state index contributed by atoms with van der Waals surface area (Å²) in [5, 5.41) is 0. The molecule has 0 aromatic rings. The monoisotopic (exact) mass is 298 g/mol. The van der Waals surface area contributed by atoms with Crippen LogP contribution in [0, 0.1) is 5.92 Å². The van der Waals surface area contributed by atoms with Gasteiger partial charge in [0.05, 0.1) is 19.1 Å². The molecule has 1 atom stereocenters. The van der Waals surface area contributed by atoms with Crippen molar-refractivity contribution in [1.82, 2.24) is 9.80 Å². The second-order valence-corrected chi connectivity index (χ2v) is 6.70. The topological polar surface area (TPSA) is 59.1 Å². The highest BCUT2D eigenvalue weighted by atomic mass is 16.6. The minimum absolute atomic E-state index is 0.107. The zero-order valence-electron chi connectivity index (χ0n) is 13.3. The van der Waals surface area contributed by atoms with Gasteiger partial charge in [-0.15, -0.1) is 0 Å². The third kappa shape index (κ3) is 4.59. The minimum Gasteiger partial charge on any atom is -0.444 e. The zero-order valence-corrected chi connectivity index (χ0v) is 13.3. The summed E-state index contributed by atoms with van der Waals surface area (Å²) in [6.45, 7) is 9.21. The Labute approximate surface area is 126 Å². The van der Waals surface area contributed by atoms with E-state index >= 15 is 0 Å². The summed E-state index contributed by atoms with van der Waals surface area (Å²) in [5.74, 6) is 0.0379. The van der Waals surface area contributed by atoms with E-state index in [1.165, 1.54) is 0 Å². The molecular weight excluding hydrogens is 272 g/mol. The van der Waals surface area contributed by atoms with E-state index in [2.05, 4.69) is 0 Å². The summed E-state index contributed by atoms with van der Waals surface area (Å²) in [7, 11) is 0. The summed E-state index contributed by atoms with van der Waals surface area (Å²) >= 11 is 0. The Morgan fingerprint density at radius 3 is 2.38 bits per heavy atom. The number of rotatable bonds is 1. The molecule has 21 heavy (non-hydrogen) atoms. The molecule has 0 aliphatic carbocycles. The summed E-state index contributed by atoms with van der Waals surface area (Å²) in [6, 6.07) is 0. The first-order valence-electron chi connectivity index (χ1n) is 7.71. The van der Waals surface area contributed by atoms with Crippen LogP contribution in [0.2, 0.25) is 0 Å². The smallest absolute Gasteiger partial charge is 0.410 e. The minimum atomic E-state index is -0.502. The van der Waals surface area contributed by atoms with Gasteiger partial charge in [-0.05, 0) is 33.6 Å². The molecule has 0 saturated carbocycles. The average Bonchev–Trinajstić information content (AvgIpc) is 2.46. The number of carbonyl (C=O) groups excluding carboxylic acids is 2. The molecule has 0 aromatic heterocycles. The normalized spacial score (nSPS) is 23.9.